The van der Waals surface area contributed by atoms with Crippen molar-refractivity contribution >= 4 is 28.4 Å². The quantitative estimate of drug-likeness (QED) is 0.348. The molecule has 3 aromatic rings. The first-order valence-corrected chi connectivity index (χ1v) is 9.03. The van der Waals surface area contributed by atoms with Crippen molar-refractivity contribution in [2.45, 2.75) is 37.2 Å². The van der Waals surface area contributed by atoms with Crippen molar-refractivity contribution in [1.82, 2.24) is 24.7 Å². The summed E-state index contributed by atoms with van der Waals surface area (Å²) in [5, 5.41) is 26.5. The smallest absolute Gasteiger partial charge is 0.343 e. The molecule has 0 aliphatic heterocycles. The fourth-order valence-electron chi connectivity index (χ4n) is 2.53. The van der Waals surface area contributed by atoms with Crippen LogP contribution in [-0.4, -0.2) is 35.1 Å². The van der Waals surface area contributed by atoms with E-state index in [1.807, 2.05) is 37.3 Å². The van der Waals surface area contributed by atoms with Crippen LogP contribution >= 0.6 is 11.8 Å². The zero-order valence-electron chi connectivity index (χ0n) is 14.4. The van der Waals surface area contributed by atoms with Gasteiger partial charge in [-0.05, 0) is 25.5 Å². The number of fused-ring (bicyclic) bond motifs is 1. The van der Waals surface area contributed by atoms with Gasteiger partial charge < -0.3 is 10.1 Å². The van der Waals surface area contributed by atoms with Crippen molar-refractivity contribution in [3.8, 4) is 6.07 Å². The topological polar surface area (TPSA) is 123 Å². The maximum Gasteiger partial charge on any atom is 0.343 e. The number of hydrogen-bond acceptors (Lipinski definition) is 6. The van der Waals surface area contributed by atoms with Gasteiger partial charge in [-0.2, -0.15) is 5.26 Å². The number of hydrogen-bond donors (Lipinski definition) is 3. The molecule has 0 unspecified atom stereocenters. The lowest BCUT2D eigenvalue weighted by Gasteiger charge is -2.11. The van der Waals surface area contributed by atoms with Crippen LogP contribution in [0.25, 0.3) is 16.6 Å². The summed E-state index contributed by atoms with van der Waals surface area (Å²) in [6.45, 7) is 4.24. The Balaban J connectivity index is 1.93. The normalized spacial score (nSPS) is 13.4. The van der Waals surface area contributed by atoms with E-state index in [1.165, 1.54) is 16.3 Å². The molecule has 3 N–H and O–H groups in total. The first-order valence-electron chi connectivity index (χ1n) is 8.15. The third-order valence-electron chi connectivity index (χ3n) is 3.83. The number of aliphatic hydroxyl groups excluding tert-OH is 1. The molecule has 0 bridgehead atoms. The molecule has 26 heavy (non-hydrogen) atoms. The highest BCUT2D eigenvalue weighted by Gasteiger charge is 2.21. The molecule has 0 aliphatic carbocycles. The summed E-state index contributed by atoms with van der Waals surface area (Å²) in [5.74, 6) is 0.196. The van der Waals surface area contributed by atoms with Gasteiger partial charge in [-0.15, -0.1) is 5.10 Å². The van der Waals surface area contributed by atoms with Gasteiger partial charge in [0.2, 0.25) is 0 Å². The Morgan fingerprint density at radius 1 is 1.46 bits per heavy atom. The minimum absolute atomic E-state index is 0.0705. The highest BCUT2D eigenvalue weighted by molar-refractivity contribution is 7.99. The molecule has 134 valence electrons. The van der Waals surface area contributed by atoms with Crippen molar-refractivity contribution in [2.75, 3.05) is 0 Å². The zero-order chi connectivity index (χ0) is 18.7. The molecule has 0 saturated carbocycles. The molecule has 0 saturated heterocycles. The first-order chi connectivity index (χ1) is 12.5. The Hall–Kier alpha value is -2.99. The average molecular weight is 370 g/mol. The van der Waals surface area contributed by atoms with Crippen molar-refractivity contribution in [3.63, 3.8) is 0 Å². The fourth-order valence-corrected chi connectivity index (χ4v) is 3.48. The number of aromatic amines is 2. The van der Waals surface area contributed by atoms with Crippen molar-refractivity contribution in [1.29, 1.82) is 5.26 Å². The maximum atomic E-state index is 11.8. The van der Waals surface area contributed by atoms with E-state index in [9.17, 15) is 15.2 Å². The summed E-state index contributed by atoms with van der Waals surface area (Å²) < 4.78 is 1.52. The highest BCUT2D eigenvalue weighted by atomic mass is 32.2. The van der Waals surface area contributed by atoms with E-state index in [-0.39, 0.29) is 17.0 Å². The SMILES string of the molecule is CCCn1c(S[C@H](C)/C(O)=C(\C#N)c2nc3ccccc3[nH]2)n[nH]c1=O. The third kappa shape index (κ3) is 3.36. The van der Waals surface area contributed by atoms with Gasteiger partial charge in [0.05, 0.1) is 16.3 Å². The van der Waals surface area contributed by atoms with Crippen LogP contribution in [0.3, 0.4) is 0 Å². The van der Waals surface area contributed by atoms with Gasteiger partial charge in [-0.3, -0.25) is 4.57 Å². The van der Waals surface area contributed by atoms with Crippen molar-refractivity contribution < 1.29 is 5.11 Å². The molecule has 2 aromatic heterocycles. The van der Waals surface area contributed by atoms with Crippen LogP contribution in [0.5, 0.6) is 0 Å². The summed E-state index contributed by atoms with van der Waals surface area (Å²) in [6, 6.07) is 9.41. The number of aromatic nitrogens is 5. The van der Waals surface area contributed by atoms with E-state index in [4.69, 9.17) is 0 Å². The number of rotatable bonds is 6. The number of aliphatic hydroxyl groups is 1. The van der Waals surface area contributed by atoms with Crippen LogP contribution in [0.15, 0.2) is 40.0 Å². The maximum absolute atomic E-state index is 11.8. The molecule has 2 heterocycles. The van der Waals surface area contributed by atoms with Crippen LogP contribution in [0.4, 0.5) is 0 Å². The lowest BCUT2D eigenvalue weighted by Crippen LogP contribution is -2.18. The van der Waals surface area contributed by atoms with Gasteiger partial charge in [0, 0.05) is 6.54 Å². The second-order valence-corrected chi connectivity index (χ2v) is 7.01. The number of nitriles is 1. The molecule has 1 atom stereocenters. The Morgan fingerprint density at radius 2 is 2.23 bits per heavy atom. The number of nitrogens with one attached hydrogen (secondary N) is 2. The van der Waals surface area contributed by atoms with Crippen LogP contribution < -0.4 is 5.69 Å². The zero-order valence-corrected chi connectivity index (χ0v) is 15.2. The molecule has 3 rings (SSSR count). The standard InChI is InChI=1S/C17H18N6O2S/c1-3-8-23-16(25)21-22-17(23)26-10(2)14(24)11(9-18)15-19-12-6-4-5-7-13(12)20-15/h4-7,10,24H,3,8H2,1-2H3,(H,19,20)(H,21,25)/b14-11-/t10-/m1/s1. The number of allylic oxidation sites excluding steroid dienone is 1. The Kier molecular flexibility index (Phi) is 5.14. The van der Waals surface area contributed by atoms with E-state index < -0.39 is 5.25 Å². The monoisotopic (exact) mass is 370 g/mol. The predicted octanol–water partition coefficient (Wildman–Crippen LogP) is 2.83. The van der Waals surface area contributed by atoms with E-state index in [1.54, 1.807) is 6.92 Å². The summed E-state index contributed by atoms with van der Waals surface area (Å²) in [7, 11) is 0. The largest absolute Gasteiger partial charge is 0.510 e. The number of imidazole rings is 1. The number of H-pyrrole nitrogens is 2. The summed E-state index contributed by atoms with van der Waals surface area (Å²) in [5.41, 5.74) is 1.28. The Bertz CT molecular complexity index is 1020. The fraction of sp³-hybridized carbons (Fsp3) is 0.294. The molecule has 0 spiro atoms. The lowest BCUT2D eigenvalue weighted by molar-refractivity contribution is 0.401. The van der Waals surface area contributed by atoms with Gasteiger partial charge in [0.25, 0.3) is 0 Å². The minimum atomic E-state index is -0.483. The minimum Gasteiger partial charge on any atom is -0.510 e. The number of thioether (sulfide) groups is 1. The Morgan fingerprint density at radius 3 is 2.92 bits per heavy atom. The lowest BCUT2D eigenvalue weighted by atomic mass is 10.2. The van der Waals surface area contributed by atoms with E-state index in [0.29, 0.717) is 23.0 Å². The molecule has 8 nitrogen and oxygen atoms in total. The molecule has 0 amide bonds. The molecule has 9 heteroatoms. The average Bonchev–Trinajstić information content (AvgIpc) is 3.20. The van der Waals surface area contributed by atoms with Gasteiger partial charge >= 0.3 is 5.69 Å². The molecular formula is C17H18N6O2S. The van der Waals surface area contributed by atoms with E-state index >= 15 is 0 Å². The summed E-state index contributed by atoms with van der Waals surface area (Å²) in [6.07, 6.45) is 0.783. The van der Waals surface area contributed by atoms with Gasteiger partial charge in [-0.1, -0.05) is 30.8 Å². The van der Waals surface area contributed by atoms with Gasteiger partial charge in [0.1, 0.15) is 17.4 Å². The van der Waals surface area contributed by atoms with Crippen LogP contribution in [0.2, 0.25) is 0 Å². The molecule has 0 radical (unpaired) electrons. The third-order valence-corrected chi connectivity index (χ3v) is 4.93. The van der Waals surface area contributed by atoms with Gasteiger partial charge in [0.15, 0.2) is 11.0 Å². The molecular weight excluding hydrogens is 352 g/mol. The van der Waals surface area contributed by atoms with E-state index in [0.717, 1.165) is 11.9 Å². The predicted molar refractivity (Wildman–Crippen MR) is 99.7 cm³/mol. The van der Waals surface area contributed by atoms with E-state index in [2.05, 4.69) is 20.2 Å². The molecule has 0 aliphatic rings. The number of benzene rings is 1. The van der Waals surface area contributed by atoms with Crippen LogP contribution in [-0.2, 0) is 6.54 Å². The summed E-state index contributed by atoms with van der Waals surface area (Å²) >= 11 is 1.20. The number of para-hydroxylation sites is 2. The van der Waals surface area contributed by atoms with Crippen LogP contribution in [0.1, 0.15) is 26.1 Å². The highest BCUT2D eigenvalue weighted by Crippen LogP contribution is 2.29. The Labute approximate surface area is 153 Å². The van der Waals surface area contributed by atoms with Gasteiger partial charge in [-0.25, -0.2) is 14.9 Å². The summed E-state index contributed by atoms with van der Waals surface area (Å²) in [4.78, 5) is 19.2. The second kappa shape index (κ2) is 7.49. The first kappa shape index (κ1) is 17.8. The number of nitrogens with zero attached hydrogens (tertiary/aromatic N) is 4. The second-order valence-electron chi connectivity index (χ2n) is 5.70. The molecule has 0 fully saturated rings. The molecule has 1 aromatic carbocycles. The van der Waals surface area contributed by atoms with Crippen molar-refractivity contribution in [3.05, 3.63) is 46.3 Å². The van der Waals surface area contributed by atoms with Crippen LogP contribution in [0, 0.1) is 11.3 Å². The van der Waals surface area contributed by atoms with Crippen molar-refractivity contribution in [2.24, 2.45) is 0 Å².